The van der Waals surface area contributed by atoms with Crippen molar-refractivity contribution in [1.82, 2.24) is 0 Å². The molecule has 100 valence electrons. The first-order valence-electron chi connectivity index (χ1n) is 6.14. The summed E-state index contributed by atoms with van der Waals surface area (Å²) in [7, 11) is 0. The molecule has 18 heavy (non-hydrogen) atoms. The Labute approximate surface area is 108 Å². The van der Waals surface area contributed by atoms with Gasteiger partial charge in [-0.3, -0.25) is 4.79 Å². The van der Waals surface area contributed by atoms with Gasteiger partial charge in [-0.2, -0.15) is 0 Å². The highest BCUT2D eigenvalue weighted by atomic mass is 16.5. The number of carbonyl (C=O) groups is 1. The second-order valence-corrected chi connectivity index (χ2v) is 4.84. The Kier molecular flexibility index (Phi) is 5.82. The number of carboxylic acid groups (broad SMARTS) is 1. The summed E-state index contributed by atoms with van der Waals surface area (Å²) in [6, 6.07) is 9.58. The third-order valence-corrected chi connectivity index (χ3v) is 2.72. The monoisotopic (exact) mass is 251 g/mol. The van der Waals surface area contributed by atoms with Crippen LogP contribution < -0.4 is 5.73 Å². The molecular formula is C14H21NO3. The first-order chi connectivity index (χ1) is 8.50. The molecule has 0 bridgehead atoms. The van der Waals surface area contributed by atoms with E-state index in [9.17, 15) is 4.79 Å². The number of ether oxygens (including phenoxy) is 1. The smallest absolute Gasteiger partial charge is 0.310 e. The van der Waals surface area contributed by atoms with Gasteiger partial charge in [0.15, 0.2) is 0 Å². The second kappa shape index (κ2) is 7.13. The van der Waals surface area contributed by atoms with Crippen LogP contribution in [0.25, 0.3) is 0 Å². The minimum absolute atomic E-state index is 0.275. The molecule has 1 aromatic rings. The number of rotatable bonds is 7. The highest BCUT2D eigenvalue weighted by Crippen LogP contribution is 2.16. The van der Waals surface area contributed by atoms with Crippen molar-refractivity contribution in [3.8, 4) is 0 Å². The highest BCUT2D eigenvalue weighted by molar-refractivity contribution is 5.70. The first-order valence-corrected chi connectivity index (χ1v) is 6.14. The molecule has 4 nitrogen and oxygen atoms in total. The van der Waals surface area contributed by atoms with E-state index in [4.69, 9.17) is 15.6 Å². The lowest BCUT2D eigenvalue weighted by Crippen LogP contribution is -2.38. The van der Waals surface area contributed by atoms with Gasteiger partial charge in [-0.1, -0.05) is 44.2 Å². The second-order valence-electron chi connectivity index (χ2n) is 4.84. The third-order valence-electron chi connectivity index (χ3n) is 2.72. The van der Waals surface area contributed by atoms with Crippen molar-refractivity contribution < 1.29 is 14.6 Å². The standard InChI is InChI=1S/C14H21NO3/c1-10(2)8-12(14(16)17)13(15)18-9-11-6-4-3-5-7-11/h3-7,10,12-13H,8-9,15H2,1-2H3,(H,16,17). The van der Waals surface area contributed by atoms with Gasteiger partial charge in [-0.05, 0) is 17.9 Å². The Hall–Kier alpha value is -1.39. The topological polar surface area (TPSA) is 72.5 Å². The molecule has 0 fully saturated rings. The summed E-state index contributed by atoms with van der Waals surface area (Å²) in [4.78, 5) is 11.1. The molecule has 2 unspecified atom stereocenters. The van der Waals surface area contributed by atoms with Crippen molar-refractivity contribution in [1.29, 1.82) is 0 Å². The molecule has 0 spiro atoms. The van der Waals surface area contributed by atoms with E-state index >= 15 is 0 Å². The normalized spacial score (nSPS) is 14.4. The fourth-order valence-corrected chi connectivity index (χ4v) is 1.77. The van der Waals surface area contributed by atoms with Crippen molar-refractivity contribution in [3.63, 3.8) is 0 Å². The van der Waals surface area contributed by atoms with Crippen LogP contribution in [0.15, 0.2) is 30.3 Å². The molecule has 0 aliphatic rings. The van der Waals surface area contributed by atoms with Crippen molar-refractivity contribution in [3.05, 3.63) is 35.9 Å². The number of aliphatic carboxylic acids is 1. The van der Waals surface area contributed by atoms with E-state index in [2.05, 4.69) is 0 Å². The van der Waals surface area contributed by atoms with E-state index in [0.717, 1.165) is 5.56 Å². The Morgan fingerprint density at radius 3 is 2.44 bits per heavy atom. The molecule has 0 aliphatic carbocycles. The predicted molar refractivity (Wildman–Crippen MR) is 69.8 cm³/mol. The summed E-state index contributed by atoms with van der Waals surface area (Å²) >= 11 is 0. The molecule has 0 heterocycles. The van der Waals surface area contributed by atoms with Gasteiger partial charge in [-0.25, -0.2) is 0 Å². The largest absolute Gasteiger partial charge is 0.481 e. The fourth-order valence-electron chi connectivity index (χ4n) is 1.77. The molecule has 3 N–H and O–H groups in total. The van der Waals surface area contributed by atoms with E-state index in [-0.39, 0.29) is 5.92 Å². The summed E-state index contributed by atoms with van der Waals surface area (Å²) in [5.41, 5.74) is 6.80. The lowest BCUT2D eigenvalue weighted by atomic mass is 9.96. The molecule has 4 heteroatoms. The highest BCUT2D eigenvalue weighted by Gasteiger charge is 2.26. The molecule has 2 atom stereocenters. The van der Waals surface area contributed by atoms with Gasteiger partial charge in [-0.15, -0.1) is 0 Å². The third kappa shape index (κ3) is 4.85. The number of nitrogens with two attached hydrogens (primary N) is 1. The maximum absolute atomic E-state index is 11.1. The minimum Gasteiger partial charge on any atom is -0.481 e. The van der Waals surface area contributed by atoms with Gasteiger partial charge in [0.2, 0.25) is 0 Å². The van der Waals surface area contributed by atoms with Gasteiger partial charge in [0.05, 0.1) is 12.5 Å². The lowest BCUT2D eigenvalue weighted by molar-refractivity contribution is -0.148. The van der Waals surface area contributed by atoms with Crippen LogP contribution in [0, 0.1) is 11.8 Å². The molecule has 0 aliphatic heterocycles. The van der Waals surface area contributed by atoms with Crippen LogP contribution in [0.1, 0.15) is 25.8 Å². The zero-order chi connectivity index (χ0) is 13.5. The van der Waals surface area contributed by atoms with E-state index in [1.165, 1.54) is 0 Å². The van der Waals surface area contributed by atoms with Gasteiger partial charge in [0.1, 0.15) is 6.23 Å². The van der Waals surface area contributed by atoms with Crippen LogP contribution >= 0.6 is 0 Å². The van der Waals surface area contributed by atoms with Gasteiger partial charge >= 0.3 is 5.97 Å². The van der Waals surface area contributed by atoms with Gasteiger partial charge in [0, 0.05) is 0 Å². The van der Waals surface area contributed by atoms with Crippen LogP contribution in [-0.2, 0) is 16.1 Å². The van der Waals surface area contributed by atoms with Crippen molar-refractivity contribution in [2.75, 3.05) is 0 Å². The summed E-state index contributed by atoms with van der Waals surface area (Å²) in [6.45, 7) is 4.28. The van der Waals surface area contributed by atoms with E-state index in [0.29, 0.717) is 13.0 Å². The number of carboxylic acids is 1. The lowest BCUT2D eigenvalue weighted by Gasteiger charge is -2.22. The Morgan fingerprint density at radius 2 is 1.94 bits per heavy atom. The maximum Gasteiger partial charge on any atom is 0.310 e. The van der Waals surface area contributed by atoms with E-state index in [1.54, 1.807) is 0 Å². The van der Waals surface area contributed by atoms with Crippen molar-refractivity contribution in [2.24, 2.45) is 17.6 Å². The molecule has 1 rings (SSSR count). The quantitative estimate of drug-likeness (QED) is 0.729. The first kappa shape index (κ1) is 14.7. The van der Waals surface area contributed by atoms with E-state index < -0.39 is 18.1 Å². The molecule has 1 aromatic carbocycles. The number of benzene rings is 1. The SMILES string of the molecule is CC(C)CC(C(=O)O)C(N)OCc1ccccc1. The van der Waals surface area contributed by atoms with E-state index in [1.807, 2.05) is 44.2 Å². The zero-order valence-corrected chi connectivity index (χ0v) is 10.9. The van der Waals surface area contributed by atoms with Gasteiger partial charge in [0.25, 0.3) is 0 Å². The molecule has 0 saturated heterocycles. The predicted octanol–water partition coefficient (Wildman–Crippen LogP) is 2.23. The Morgan fingerprint density at radius 1 is 1.33 bits per heavy atom. The van der Waals surface area contributed by atoms with Crippen molar-refractivity contribution in [2.45, 2.75) is 33.1 Å². The summed E-state index contributed by atoms with van der Waals surface area (Å²) in [5.74, 6) is -1.28. The fraction of sp³-hybridized carbons (Fsp3) is 0.500. The van der Waals surface area contributed by atoms with Crippen LogP contribution in [0.5, 0.6) is 0 Å². The van der Waals surface area contributed by atoms with Crippen molar-refractivity contribution >= 4 is 5.97 Å². The average Bonchev–Trinajstić information content (AvgIpc) is 2.34. The summed E-state index contributed by atoms with van der Waals surface area (Å²) in [6.07, 6.45) is -0.254. The zero-order valence-electron chi connectivity index (χ0n) is 10.9. The molecule has 0 saturated carbocycles. The number of hydrogen-bond donors (Lipinski definition) is 2. The van der Waals surface area contributed by atoms with Crippen LogP contribution in [0.3, 0.4) is 0 Å². The Bertz CT molecular complexity index is 365. The molecule has 0 amide bonds. The molecular weight excluding hydrogens is 230 g/mol. The minimum atomic E-state index is -0.899. The molecule has 0 radical (unpaired) electrons. The summed E-state index contributed by atoms with van der Waals surface area (Å²) in [5, 5.41) is 9.13. The number of hydrogen-bond acceptors (Lipinski definition) is 3. The summed E-state index contributed by atoms with van der Waals surface area (Å²) < 4.78 is 5.45. The molecule has 0 aromatic heterocycles. The van der Waals surface area contributed by atoms with Crippen LogP contribution in [0.4, 0.5) is 0 Å². The maximum atomic E-state index is 11.1. The van der Waals surface area contributed by atoms with Crippen LogP contribution in [-0.4, -0.2) is 17.3 Å². The average molecular weight is 251 g/mol. The van der Waals surface area contributed by atoms with Crippen LogP contribution in [0.2, 0.25) is 0 Å². The Balaban J connectivity index is 2.51. The van der Waals surface area contributed by atoms with Gasteiger partial charge < -0.3 is 15.6 Å².